The average molecular weight is 248 g/mol. The number of carbonyl (C=O) groups is 1. The molecule has 0 atom stereocenters. The van der Waals surface area contributed by atoms with Gasteiger partial charge in [0.15, 0.2) is 0 Å². The Kier molecular flexibility index (Phi) is 8.73. The zero-order chi connectivity index (χ0) is 12.4. The van der Waals surface area contributed by atoms with Gasteiger partial charge in [-0.3, -0.25) is 4.79 Å². The quantitative estimate of drug-likeness (QED) is 0.488. The summed E-state index contributed by atoms with van der Waals surface area (Å²) in [6, 6.07) is 0. The van der Waals surface area contributed by atoms with Crippen LogP contribution in [0.5, 0.6) is 0 Å². The van der Waals surface area contributed by atoms with Gasteiger partial charge in [-0.15, -0.1) is 11.6 Å². The Hall–Kier alpha value is -0.240. The van der Waals surface area contributed by atoms with Crippen LogP contribution in [-0.2, 0) is 4.79 Å². The van der Waals surface area contributed by atoms with Crippen molar-refractivity contribution in [2.24, 2.45) is 5.41 Å². The van der Waals surface area contributed by atoms with Crippen LogP contribution in [0.3, 0.4) is 0 Å². The van der Waals surface area contributed by atoms with Gasteiger partial charge in [-0.2, -0.15) is 0 Å². The maximum Gasteiger partial charge on any atom is 0.220 e. The van der Waals surface area contributed by atoms with Crippen molar-refractivity contribution in [3.63, 3.8) is 0 Å². The third kappa shape index (κ3) is 5.74. The fraction of sp³-hybridized carbons (Fsp3) is 0.923. The second kappa shape index (κ2) is 8.86. The normalized spacial score (nSPS) is 11.5. The van der Waals surface area contributed by atoms with E-state index >= 15 is 0 Å². The van der Waals surface area contributed by atoms with Crippen molar-refractivity contribution >= 4 is 17.5 Å². The molecule has 0 saturated carbocycles. The van der Waals surface area contributed by atoms with E-state index in [0.717, 1.165) is 32.1 Å². The van der Waals surface area contributed by atoms with E-state index < -0.39 is 0 Å². The molecule has 0 aliphatic heterocycles. The molecule has 0 aliphatic carbocycles. The Morgan fingerprint density at radius 3 is 2.25 bits per heavy atom. The highest BCUT2D eigenvalue weighted by atomic mass is 35.5. The van der Waals surface area contributed by atoms with Gasteiger partial charge < -0.3 is 5.32 Å². The number of halogens is 1. The van der Waals surface area contributed by atoms with Gasteiger partial charge in [-0.1, -0.05) is 33.6 Å². The number of hydrogen-bond acceptors (Lipinski definition) is 1. The van der Waals surface area contributed by atoms with E-state index in [2.05, 4.69) is 26.1 Å². The topological polar surface area (TPSA) is 29.1 Å². The molecule has 1 N–H and O–H groups in total. The number of unbranched alkanes of at least 4 members (excludes halogenated alkanes) is 2. The summed E-state index contributed by atoms with van der Waals surface area (Å²) < 4.78 is 0. The summed E-state index contributed by atoms with van der Waals surface area (Å²) in [6.07, 6.45) is 5.97. The lowest BCUT2D eigenvalue weighted by molar-refractivity contribution is -0.121. The number of hydrogen-bond donors (Lipinski definition) is 1. The summed E-state index contributed by atoms with van der Waals surface area (Å²) in [7, 11) is 0. The summed E-state index contributed by atoms with van der Waals surface area (Å²) in [5.74, 6) is 0.791. The maximum absolute atomic E-state index is 11.6. The largest absolute Gasteiger partial charge is 0.356 e. The SMILES string of the molecule is CCCCCC(=O)NCC(CC)(CC)CCl. The van der Waals surface area contributed by atoms with E-state index in [9.17, 15) is 4.79 Å². The number of nitrogens with one attached hydrogen (secondary N) is 1. The molecule has 0 bridgehead atoms. The molecule has 0 rings (SSSR count). The summed E-state index contributed by atoms with van der Waals surface area (Å²) in [5, 5.41) is 3.01. The van der Waals surface area contributed by atoms with Crippen LogP contribution < -0.4 is 5.32 Å². The second-order valence-corrected chi connectivity index (χ2v) is 4.84. The summed E-state index contributed by atoms with van der Waals surface area (Å²) in [6.45, 7) is 7.13. The first-order chi connectivity index (χ1) is 7.64. The van der Waals surface area contributed by atoms with E-state index in [1.54, 1.807) is 0 Å². The lowest BCUT2D eigenvalue weighted by Gasteiger charge is -2.29. The first-order valence-corrected chi connectivity index (χ1v) is 7.00. The lowest BCUT2D eigenvalue weighted by atomic mass is 9.84. The first kappa shape index (κ1) is 15.8. The molecule has 0 aromatic rings. The van der Waals surface area contributed by atoms with Gasteiger partial charge in [0.05, 0.1) is 0 Å². The predicted octanol–water partition coefficient (Wildman–Crippen LogP) is 3.73. The Morgan fingerprint density at radius 1 is 1.19 bits per heavy atom. The van der Waals surface area contributed by atoms with Crippen LogP contribution in [-0.4, -0.2) is 18.3 Å². The Balaban J connectivity index is 3.87. The van der Waals surface area contributed by atoms with Gasteiger partial charge >= 0.3 is 0 Å². The molecule has 0 aromatic heterocycles. The summed E-state index contributed by atoms with van der Waals surface area (Å²) in [5.41, 5.74) is 0.0853. The maximum atomic E-state index is 11.6. The van der Waals surface area contributed by atoms with Gasteiger partial charge in [0, 0.05) is 24.3 Å². The van der Waals surface area contributed by atoms with Gasteiger partial charge in [0.25, 0.3) is 0 Å². The molecule has 3 heteroatoms. The summed E-state index contributed by atoms with van der Waals surface area (Å²) in [4.78, 5) is 11.6. The van der Waals surface area contributed by atoms with E-state index in [4.69, 9.17) is 11.6 Å². The van der Waals surface area contributed by atoms with Gasteiger partial charge in [0.2, 0.25) is 5.91 Å². The van der Waals surface area contributed by atoms with Crippen molar-refractivity contribution in [2.75, 3.05) is 12.4 Å². The van der Waals surface area contributed by atoms with E-state index in [1.807, 2.05) is 0 Å². The van der Waals surface area contributed by atoms with Crippen molar-refractivity contribution in [1.29, 1.82) is 0 Å². The molecule has 96 valence electrons. The fourth-order valence-corrected chi connectivity index (χ4v) is 2.12. The smallest absolute Gasteiger partial charge is 0.220 e. The monoisotopic (exact) mass is 247 g/mol. The molecular weight excluding hydrogens is 222 g/mol. The molecule has 0 spiro atoms. The highest BCUT2D eigenvalue weighted by Gasteiger charge is 2.25. The van der Waals surface area contributed by atoms with Gasteiger partial charge in [-0.25, -0.2) is 0 Å². The fourth-order valence-electron chi connectivity index (χ4n) is 1.65. The van der Waals surface area contributed by atoms with E-state index in [1.165, 1.54) is 0 Å². The third-order valence-corrected chi connectivity index (χ3v) is 4.02. The highest BCUT2D eigenvalue weighted by Crippen LogP contribution is 2.26. The molecule has 16 heavy (non-hydrogen) atoms. The molecule has 0 unspecified atom stereocenters. The van der Waals surface area contributed by atoms with Gasteiger partial charge in [-0.05, 0) is 19.3 Å². The molecule has 2 nitrogen and oxygen atoms in total. The zero-order valence-electron chi connectivity index (χ0n) is 10.9. The lowest BCUT2D eigenvalue weighted by Crippen LogP contribution is -2.38. The first-order valence-electron chi connectivity index (χ1n) is 6.46. The number of alkyl halides is 1. The van der Waals surface area contributed by atoms with Crippen molar-refractivity contribution in [1.82, 2.24) is 5.32 Å². The molecule has 0 saturated heterocycles. The van der Waals surface area contributed by atoms with Crippen molar-refractivity contribution < 1.29 is 4.79 Å². The second-order valence-electron chi connectivity index (χ2n) is 4.57. The van der Waals surface area contributed by atoms with Crippen LogP contribution in [0.1, 0.15) is 59.3 Å². The molecular formula is C13H26ClNO. The predicted molar refractivity (Wildman–Crippen MR) is 70.9 cm³/mol. The van der Waals surface area contributed by atoms with Crippen LogP contribution in [0.4, 0.5) is 0 Å². The van der Waals surface area contributed by atoms with Crippen LogP contribution in [0.2, 0.25) is 0 Å². The van der Waals surface area contributed by atoms with Crippen LogP contribution >= 0.6 is 11.6 Å². The summed E-state index contributed by atoms with van der Waals surface area (Å²) >= 11 is 5.98. The molecule has 0 fully saturated rings. The van der Waals surface area contributed by atoms with Gasteiger partial charge in [0.1, 0.15) is 0 Å². The number of carbonyl (C=O) groups excluding carboxylic acids is 1. The molecule has 0 radical (unpaired) electrons. The minimum absolute atomic E-state index is 0.0853. The average Bonchev–Trinajstić information content (AvgIpc) is 2.32. The van der Waals surface area contributed by atoms with Crippen LogP contribution in [0, 0.1) is 5.41 Å². The Bertz CT molecular complexity index is 182. The number of amides is 1. The van der Waals surface area contributed by atoms with Crippen LogP contribution in [0.15, 0.2) is 0 Å². The number of rotatable bonds is 9. The van der Waals surface area contributed by atoms with E-state index in [0.29, 0.717) is 18.8 Å². The van der Waals surface area contributed by atoms with Crippen molar-refractivity contribution in [2.45, 2.75) is 59.3 Å². The van der Waals surface area contributed by atoms with Crippen LogP contribution in [0.25, 0.3) is 0 Å². The molecule has 0 aliphatic rings. The minimum atomic E-state index is 0.0853. The van der Waals surface area contributed by atoms with E-state index in [-0.39, 0.29) is 11.3 Å². The molecule has 0 aromatic carbocycles. The molecule has 0 heterocycles. The van der Waals surface area contributed by atoms with Crippen molar-refractivity contribution in [3.05, 3.63) is 0 Å². The standard InChI is InChI=1S/C13H26ClNO/c1-4-7-8-9-12(16)15-11-13(5-2,6-3)10-14/h4-11H2,1-3H3,(H,15,16). The third-order valence-electron chi connectivity index (χ3n) is 3.45. The Labute approximate surface area is 105 Å². The minimum Gasteiger partial charge on any atom is -0.356 e. The zero-order valence-corrected chi connectivity index (χ0v) is 11.7. The Morgan fingerprint density at radius 2 is 1.81 bits per heavy atom. The van der Waals surface area contributed by atoms with Crippen molar-refractivity contribution in [3.8, 4) is 0 Å². The molecule has 1 amide bonds. The highest BCUT2D eigenvalue weighted by molar-refractivity contribution is 6.18.